The van der Waals surface area contributed by atoms with E-state index in [9.17, 15) is 0 Å². The van der Waals surface area contributed by atoms with E-state index in [1.807, 2.05) is 24.8 Å². The van der Waals surface area contributed by atoms with Crippen molar-refractivity contribution in [3.8, 4) is 0 Å². The summed E-state index contributed by atoms with van der Waals surface area (Å²) in [6.07, 6.45) is 8.56. The molecule has 0 N–H and O–H groups in total. The number of hydrogen-bond acceptors (Lipinski definition) is 4. The van der Waals surface area contributed by atoms with E-state index in [4.69, 9.17) is 9.72 Å². The molecule has 4 rings (SSSR count). The van der Waals surface area contributed by atoms with Crippen LogP contribution in [0.15, 0.2) is 30.9 Å². The summed E-state index contributed by atoms with van der Waals surface area (Å²) in [7, 11) is 1.79. The van der Waals surface area contributed by atoms with Gasteiger partial charge in [-0.25, -0.2) is 4.98 Å². The number of methoxy groups -OCH3 is 1. The maximum absolute atomic E-state index is 5.50. The van der Waals surface area contributed by atoms with Crippen LogP contribution >= 0.6 is 0 Å². The van der Waals surface area contributed by atoms with Gasteiger partial charge < -0.3 is 9.30 Å². The third-order valence-corrected chi connectivity index (χ3v) is 4.85. The van der Waals surface area contributed by atoms with Gasteiger partial charge in [-0.05, 0) is 30.4 Å². The van der Waals surface area contributed by atoms with Crippen LogP contribution in [0.2, 0.25) is 0 Å². The molecular formula is C18H24N4O. The molecule has 0 spiro atoms. The first-order chi connectivity index (χ1) is 11.3. The fraction of sp³-hybridized carbons (Fsp3) is 0.556. The van der Waals surface area contributed by atoms with E-state index in [2.05, 4.69) is 20.5 Å². The summed E-state index contributed by atoms with van der Waals surface area (Å²) >= 11 is 0. The molecule has 0 bridgehead atoms. The van der Waals surface area contributed by atoms with Gasteiger partial charge in [-0.2, -0.15) is 0 Å². The van der Waals surface area contributed by atoms with Crippen LogP contribution in [-0.4, -0.2) is 39.7 Å². The minimum atomic E-state index is 0.404. The van der Waals surface area contributed by atoms with E-state index in [0.29, 0.717) is 5.92 Å². The van der Waals surface area contributed by atoms with Gasteiger partial charge in [-0.1, -0.05) is 6.07 Å². The number of rotatable bonds is 6. The summed E-state index contributed by atoms with van der Waals surface area (Å²) in [6, 6.07) is 4.14. The standard InChI is InChI=1S/C18H24N4O/c1-23-12-16-10-21(8-15-3-2-6-19-7-15)11-17-18(16)22(13-20-17)9-14-4-5-14/h2-3,6-7,13-14,16H,4-5,8-12H2,1H3/t16-/m1/s1. The average molecular weight is 312 g/mol. The van der Waals surface area contributed by atoms with Crippen molar-refractivity contribution in [2.45, 2.75) is 38.4 Å². The van der Waals surface area contributed by atoms with E-state index < -0.39 is 0 Å². The number of aromatic nitrogens is 3. The largest absolute Gasteiger partial charge is 0.384 e. The minimum absolute atomic E-state index is 0.404. The van der Waals surface area contributed by atoms with Gasteiger partial charge in [0.15, 0.2) is 0 Å². The molecule has 0 radical (unpaired) electrons. The first-order valence-corrected chi connectivity index (χ1v) is 8.47. The van der Waals surface area contributed by atoms with Gasteiger partial charge in [0.1, 0.15) is 0 Å². The van der Waals surface area contributed by atoms with Crippen molar-refractivity contribution in [1.82, 2.24) is 19.4 Å². The monoisotopic (exact) mass is 312 g/mol. The molecule has 2 aromatic rings. The molecule has 2 aromatic heterocycles. The summed E-state index contributed by atoms with van der Waals surface area (Å²) < 4.78 is 7.89. The highest BCUT2D eigenvalue weighted by Gasteiger charge is 2.31. The lowest BCUT2D eigenvalue weighted by atomic mass is 9.98. The van der Waals surface area contributed by atoms with Crippen molar-refractivity contribution in [2.75, 3.05) is 20.3 Å². The van der Waals surface area contributed by atoms with Crippen LogP contribution in [0.3, 0.4) is 0 Å². The second-order valence-electron chi connectivity index (χ2n) is 6.86. The molecule has 122 valence electrons. The van der Waals surface area contributed by atoms with Crippen molar-refractivity contribution < 1.29 is 4.74 Å². The van der Waals surface area contributed by atoms with Crippen LogP contribution in [0.25, 0.3) is 0 Å². The van der Waals surface area contributed by atoms with Crippen molar-refractivity contribution in [3.63, 3.8) is 0 Å². The lowest BCUT2D eigenvalue weighted by Gasteiger charge is -2.33. The van der Waals surface area contributed by atoms with E-state index in [0.717, 1.165) is 38.7 Å². The highest BCUT2D eigenvalue weighted by molar-refractivity contribution is 5.23. The zero-order chi connectivity index (χ0) is 15.6. The number of ether oxygens (including phenoxy) is 1. The van der Waals surface area contributed by atoms with Crippen LogP contribution in [-0.2, 0) is 24.4 Å². The molecule has 0 aromatic carbocycles. The zero-order valence-corrected chi connectivity index (χ0v) is 13.7. The fourth-order valence-corrected chi connectivity index (χ4v) is 3.63. The summed E-state index contributed by atoms with van der Waals surface area (Å²) in [5.41, 5.74) is 3.88. The average Bonchev–Trinajstić information content (AvgIpc) is 3.28. The molecule has 3 heterocycles. The summed E-state index contributed by atoms with van der Waals surface area (Å²) in [5, 5.41) is 0. The molecule has 1 saturated carbocycles. The Morgan fingerprint density at radius 3 is 3.00 bits per heavy atom. The third-order valence-electron chi connectivity index (χ3n) is 4.85. The van der Waals surface area contributed by atoms with E-state index in [1.54, 1.807) is 7.11 Å². The Morgan fingerprint density at radius 1 is 1.35 bits per heavy atom. The highest BCUT2D eigenvalue weighted by Crippen LogP contribution is 2.34. The van der Waals surface area contributed by atoms with Crippen LogP contribution in [0.5, 0.6) is 0 Å². The molecule has 1 fully saturated rings. The highest BCUT2D eigenvalue weighted by atomic mass is 16.5. The van der Waals surface area contributed by atoms with E-state index in [1.165, 1.54) is 29.8 Å². The molecule has 0 unspecified atom stereocenters. The molecule has 23 heavy (non-hydrogen) atoms. The Labute approximate surface area is 137 Å². The lowest BCUT2D eigenvalue weighted by molar-refractivity contribution is 0.131. The summed E-state index contributed by atoms with van der Waals surface area (Å²) in [4.78, 5) is 11.4. The Bertz CT molecular complexity index is 650. The van der Waals surface area contributed by atoms with Crippen molar-refractivity contribution in [1.29, 1.82) is 0 Å². The lowest BCUT2D eigenvalue weighted by Crippen LogP contribution is -2.36. The van der Waals surface area contributed by atoms with Gasteiger partial charge >= 0.3 is 0 Å². The Kier molecular flexibility index (Phi) is 4.14. The van der Waals surface area contributed by atoms with Gasteiger partial charge in [0, 0.05) is 57.3 Å². The van der Waals surface area contributed by atoms with Crippen LogP contribution in [0.1, 0.15) is 35.7 Å². The normalized spacial score (nSPS) is 21.3. The SMILES string of the molecule is COC[C@H]1CN(Cc2cccnc2)Cc2ncn(CC3CC3)c21. The second-order valence-corrected chi connectivity index (χ2v) is 6.86. The maximum atomic E-state index is 5.50. The van der Waals surface area contributed by atoms with Gasteiger partial charge in [-0.15, -0.1) is 0 Å². The van der Waals surface area contributed by atoms with Crippen molar-refractivity contribution in [3.05, 3.63) is 47.8 Å². The maximum Gasteiger partial charge on any atom is 0.0952 e. The van der Waals surface area contributed by atoms with Gasteiger partial charge in [0.2, 0.25) is 0 Å². The van der Waals surface area contributed by atoms with Gasteiger partial charge in [0.05, 0.1) is 18.6 Å². The first-order valence-electron chi connectivity index (χ1n) is 8.47. The third kappa shape index (κ3) is 3.31. The predicted octanol–water partition coefficient (Wildman–Crippen LogP) is 2.43. The van der Waals surface area contributed by atoms with E-state index >= 15 is 0 Å². The Balaban J connectivity index is 1.54. The molecule has 5 heteroatoms. The topological polar surface area (TPSA) is 43.2 Å². The quantitative estimate of drug-likeness (QED) is 0.822. The summed E-state index contributed by atoms with van der Waals surface area (Å²) in [6.45, 7) is 4.75. The van der Waals surface area contributed by atoms with Crippen molar-refractivity contribution >= 4 is 0 Å². The van der Waals surface area contributed by atoms with Gasteiger partial charge in [-0.3, -0.25) is 9.88 Å². The number of hydrogen-bond donors (Lipinski definition) is 0. The fourth-order valence-electron chi connectivity index (χ4n) is 3.63. The van der Waals surface area contributed by atoms with Crippen LogP contribution in [0, 0.1) is 5.92 Å². The molecule has 1 aliphatic carbocycles. The number of nitrogens with zero attached hydrogens (tertiary/aromatic N) is 4. The summed E-state index contributed by atoms with van der Waals surface area (Å²) in [5.74, 6) is 1.27. The van der Waals surface area contributed by atoms with Gasteiger partial charge in [0.25, 0.3) is 0 Å². The number of imidazole rings is 1. The molecule has 0 saturated heterocycles. The zero-order valence-electron chi connectivity index (χ0n) is 13.7. The van der Waals surface area contributed by atoms with Crippen molar-refractivity contribution in [2.24, 2.45) is 5.92 Å². The van der Waals surface area contributed by atoms with Crippen LogP contribution in [0.4, 0.5) is 0 Å². The molecule has 0 amide bonds. The molecule has 5 nitrogen and oxygen atoms in total. The van der Waals surface area contributed by atoms with Crippen LogP contribution < -0.4 is 0 Å². The first kappa shape index (κ1) is 14.8. The molecule has 1 atom stereocenters. The molecular weight excluding hydrogens is 288 g/mol. The van der Waals surface area contributed by atoms with E-state index in [-0.39, 0.29) is 0 Å². The molecule has 1 aliphatic heterocycles. The number of fused-ring (bicyclic) bond motifs is 1. The smallest absolute Gasteiger partial charge is 0.0952 e. The second kappa shape index (κ2) is 6.42. The minimum Gasteiger partial charge on any atom is -0.384 e. The predicted molar refractivity (Wildman–Crippen MR) is 87.9 cm³/mol. The molecule has 2 aliphatic rings. The Hall–Kier alpha value is -1.72. The number of pyridine rings is 1. The Morgan fingerprint density at radius 2 is 2.26 bits per heavy atom.